The van der Waals surface area contributed by atoms with Gasteiger partial charge in [-0.05, 0) is 49.4 Å². The molecule has 0 unspecified atom stereocenters. The molecule has 0 bridgehead atoms. The Morgan fingerprint density at radius 1 is 1.11 bits per heavy atom. The molecule has 1 aromatic heterocycles. The minimum Gasteiger partial charge on any atom is -0.376 e. The van der Waals surface area contributed by atoms with Crippen molar-refractivity contribution in [3.8, 4) is 0 Å². The topological polar surface area (TPSA) is 81.5 Å². The van der Waals surface area contributed by atoms with Gasteiger partial charge in [-0.15, -0.1) is 0 Å². The van der Waals surface area contributed by atoms with E-state index in [0.29, 0.717) is 35.0 Å². The van der Waals surface area contributed by atoms with Crippen LogP contribution in [0, 0.1) is 0 Å². The van der Waals surface area contributed by atoms with Crippen molar-refractivity contribution in [3.05, 3.63) is 81.6 Å². The van der Waals surface area contributed by atoms with Gasteiger partial charge in [0.05, 0.1) is 40.9 Å². The molecule has 1 aliphatic heterocycles. The van der Waals surface area contributed by atoms with Crippen LogP contribution < -0.4 is 0 Å². The first-order valence-electron chi connectivity index (χ1n) is 12.0. The largest absolute Gasteiger partial charge is 0.376 e. The molecule has 36 heavy (non-hydrogen) atoms. The number of nitrogens with zero attached hydrogens (tertiary/aromatic N) is 3. The van der Waals surface area contributed by atoms with Gasteiger partial charge in [0.15, 0.2) is 0 Å². The van der Waals surface area contributed by atoms with E-state index in [-0.39, 0.29) is 40.5 Å². The first-order valence-corrected chi connectivity index (χ1v) is 14.4. The van der Waals surface area contributed by atoms with Crippen molar-refractivity contribution < 1.29 is 17.9 Å². The van der Waals surface area contributed by atoms with Gasteiger partial charge < -0.3 is 14.2 Å². The maximum atomic E-state index is 13.6. The SMILES string of the molecule is O=C(c1ccc(Cl)cc1Cl)N(Cc1cnc(S(=O)(=O)Cc2ccccc2)n1C1CC1)C[C@H]1CCCO1. The van der Waals surface area contributed by atoms with Crippen LogP contribution in [0.1, 0.15) is 53.3 Å². The molecule has 3 aromatic rings. The quantitative estimate of drug-likeness (QED) is 0.362. The molecule has 1 amide bonds. The summed E-state index contributed by atoms with van der Waals surface area (Å²) in [5, 5.41) is 0.770. The number of ether oxygens (including phenoxy) is 1. The molecule has 2 heterocycles. The number of carbonyl (C=O) groups excluding carboxylic acids is 1. The molecule has 1 saturated carbocycles. The summed E-state index contributed by atoms with van der Waals surface area (Å²) >= 11 is 12.4. The van der Waals surface area contributed by atoms with Crippen LogP contribution in [0.5, 0.6) is 0 Å². The monoisotopic (exact) mass is 547 g/mol. The van der Waals surface area contributed by atoms with Crippen LogP contribution >= 0.6 is 23.2 Å². The van der Waals surface area contributed by atoms with Gasteiger partial charge in [0.25, 0.3) is 5.91 Å². The lowest BCUT2D eigenvalue weighted by molar-refractivity contribution is 0.0501. The Labute approximate surface area is 220 Å². The lowest BCUT2D eigenvalue weighted by atomic mass is 10.1. The molecule has 1 saturated heterocycles. The van der Waals surface area contributed by atoms with E-state index in [4.69, 9.17) is 27.9 Å². The highest BCUT2D eigenvalue weighted by Gasteiger charge is 2.35. The standard InChI is InChI=1S/C26H27Cl2N3O4S/c27-19-8-11-23(24(28)13-19)25(32)30(16-22-7-4-12-35-22)15-21-14-29-26(31(21)20-9-10-20)36(33,34)17-18-5-2-1-3-6-18/h1-3,5-6,8,11,13-14,20,22H,4,7,9-10,12,15-17H2/t22-/m1/s1. The van der Waals surface area contributed by atoms with E-state index in [2.05, 4.69) is 4.98 Å². The first-order chi connectivity index (χ1) is 17.3. The van der Waals surface area contributed by atoms with Crippen LogP contribution in [0.25, 0.3) is 0 Å². The van der Waals surface area contributed by atoms with Crippen molar-refractivity contribution >= 4 is 38.9 Å². The normalized spacial score (nSPS) is 17.9. The molecule has 2 fully saturated rings. The minimum atomic E-state index is -3.68. The van der Waals surface area contributed by atoms with Gasteiger partial charge in [-0.3, -0.25) is 4.79 Å². The van der Waals surface area contributed by atoms with E-state index in [1.165, 1.54) is 0 Å². The molecule has 7 nitrogen and oxygen atoms in total. The number of sulfone groups is 1. The van der Waals surface area contributed by atoms with E-state index in [9.17, 15) is 13.2 Å². The summed E-state index contributed by atoms with van der Waals surface area (Å²) < 4.78 is 34.3. The van der Waals surface area contributed by atoms with Crippen LogP contribution in [0.2, 0.25) is 10.0 Å². The summed E-state index contributed by atoms with van der Waals surface area (Å²) in [6.45, 7) is 1.23. The van der Waals surface area contributed by atoms with Crippen molar-refractivity contribution in [2.45, 2.75) is 55.3 Å². The number of aromatic nitrogens is 2. The zero-order valence-electron chi connectivity index (χ0n) is 19.6. The molecule has 1 aliphatic carbocycles. The van der Waals surface area contributed by atoms with Crippen LogP contribution in [0.3, 0.4) is 0 Å². The Morgan fingerprint density at radius 3 is 2.56 bits per heavy atom. The minimum absolute atomic E-state index is 0.0536. The summed E-state index contributed by atoms with van der Waals surface area (Å²) in [5.74, 6) is -0.389. The second-order valence-corrected chi connectivity index (χ2v) is 12.0. The molecular formula is C26H27Cl2N3O4S. The van der Waals surface area contributed by atoms with Gasteiger partial charge in [0.2, 0.25) is 15.0 Å². The summed E-state index contributed by atoms with van der Waals surface area (Å²) in [6.07, 6.45) is 5.04. The van der Waals surface area contributed by atoms with Gasteiger partial charge in [-0.25, -0.2) is 13.4 Å². The lowest BCUT2D eigenvalue weighted by Gasteiger charge is -2.26. The fraction of sp³-hybridized carbons (Fsp3) is 0.385. The molecule has 0 N–H and O–H groups in total. The average Bonchev–Trinajstić information content (AvgIpc) is 3.37. The predicted molar refractivity (Wildman–Crippen MR) is 138 cm³/mol. The Morgan fingerprint density at radius 2 is 1.89 bits per heavy atom. The molecule has 1 atom stereocenters. The average molecular weight is 548 g/mol. The highest BCUT2D eigenvalue weighted by molar-refractivity contribution is 7.90. The van der Waals surface area contributed by atoms with E-state index in [1.807, 2.05) is 18.2 Å². The van der Waals surface area contributed by atoms with Gasteiger partial charge in [0.1, 0.15) is 0 Å². The van der Waals surface area contributed by atoms with E-state index in [1.54, 1.807) is 46.0 Å². The van der Waals surface area contributed by atoms with Gasteiger partial charge in [0, 0.05) is 24.2 Å². The van der Waals surface area contributed by atoms with Crippen molar-refractivity contribution in [2.24, 2.45) is 0 Å². The molecular weight excluding hydrogens is 521 g/mol. The third kappa shape index (κ3) is 5.62. The molecule has 2 aliphatic rings. The Hall–Kier alpha value is -2.39. The highest BCUT2D eigenvalue weighted by atomic mass is 35.5. The molecule has 0 spiro atoms. The Balaban J connectivity index is 1.46. The maximum Gasteiger partial charge on any atom is 0.255 e. The van der Waals surface area contributed by atoms with Gasteiger partial charge in [-0.1, -0.05) is 53.5 Å². The predicted octanol–water partition coefficient (Wildman–Crippen LogP) is 5.32. The van der Waals surface area contributed by atoms with Crippen LogP contribution in [-0.4, -0.2) is 48.0 Å². The van der Waals surface area contributed by atoms with Crippen molar-refractivity contribution in [1.29, 1.82) is 0 Å². The zero-order chi connectivity index (χ0) is 25.3. The van der Waals surface area contributed by atoms with E-state index < -0.39 is 9.84 Å². The first kappa shape index (κ1) is 25.3. The molecule has 10 heteroatoms. The summed E-state index contributed by atoms with van der Waals surface area (Å²) in [4.78, 5) is 19.6. The number of halogens is 2. The molecule has 190 valence electrons. The van der Waals surface area contributed by atoms with Crippen LogP contribution in [0.15, 0.2) is 59.9 Å². The third-order valence-electron chi connectivity index (χ3n) is 6.48. The smallest absolute Gasteiger partial charge is 0.255 e. The number of rotatable bonds is 9. The summed E-state index contributed by atoms with van der Waals surface area (Å²) in [5.41, 5.74) is 1.73. The number of imidazole rings is 1. The summed E-state index contributed by atoms with van der Waals surface area (Å²) in [7, 11) is -3.68. The zero-order valence-corrected chi connectivity index (χ0v) is 22.0. The van der Waals surface area contributed by atoms with Gasteiger partial charge in [-0.2, -0.15) is 0 Å². The number of carbonyl (C=O) groups is 1. The number of hydrogen-bond donors (Lipinski definition) is 0. The molecule has 0 radical (unpaired) electrons. The highest BCUT2D eigenvalue weighted by Crippen LogP contribution is 2.39. The Kier molecular flexibility index (Phi) is 7.40. The van der Waals surface area contributed by atoms with Crippen LogP contribution in [0.4, 0.5) is 0 Å². The third-order valence-corrected chi connectivity index (χ3v) is 8.60. The van der Waals surface area contributed by atoms with Crippen LogP contribution in [-0.2, 0) is 26.9 Å². The van der Waals surface area contributed by atoms with E-state index in [0.717, 1.165) is 25.7 Å². The van der Waals surface area contributed by atoms with Gasteiger partial charge >= 0.3 is 0 Å². The van der Waals surface area contributed by atoms with E-state index >= 15 is 0 Å². The number of hydrogen-bond acceptors (Lipinski definition) is 5. The fourth-order valence-corrected chi connectivity index (χ4v) is 6.62. The lowest BCUT2D eigenvalue weighted by Crippen LogP contribution is -2.37. The fourth-order valence-electron chi connectivity index (χ4n) is 4.59. The number of benzene rings is 2. The molecule has 2 aromatic carbocycles. The number of amides is 1. The second kappa shape index (κ2) is 10.5. The summed E-state index contributed by atoms with van der Waals surface area (Å²) in [6, 6.07) is 13.9. The second-order valence-electron chi connectivity index (χ2n) is 9.32. The Bertz CT molecular complexity index is 1350. The van der Waals surface area contributed by atoms with Crippen molar-refractivity contribution in [2.75, 3.05) is 13.2 Å². The van der Waals surface area contributed by atoms with Crippen molar-refractivity contribution in [1.82, 2.24) is 14.5 Å². The van der Waals surface area contributed by atoms with Crippen molar-refractivity contribution in [3.63, 3.8) is 0 Å². The maximum absolute atomic E-state index is 13.6. The molecule has 5 rings (SSSR count).